The monoisotopic (exact) mass is 839 g/mol. The standard InChI is InChI=1S/C39H40F3N7O9S/c1-56-37(53)44-27-10-6-4-2-3-5-8-23-19-38(23,36(52)48-59(54,55)25-15-16-25)47-32(50)28-18-24(20-49(28)35(27)51)57-34-30-29(26-9-7-17-43-33(26)58-30)45-31(46-34)21-11-13-22(14-12-21)39(40,41)42/h5,7-9,11-14,17,23-25,27-28H,2-4,6,10,15-16,18-20H2,1H3,(H,44,53)(H,47,50)(H,48,52)/b8-5-/t23-,24+,27-,28-,38+/m0/s1. The van der Waals surface area contributed by atoms with Crippen LogP contribution in [0.5, 0.6) is 5.88 Å². The number of ether oxygens (including phenoxy) is 2. The average Bonchev–Trinajstić information content (AvgIpc) is 4.11. The summed E-state index contributed by atoms with van der Waals surface area (Å²) in [6.45, 7) is -0.214. The number of nitrogens with one attached hydrogen (secondary N) is 3. The maximum atomic E-state index is 14.4. The highest BCUT2D eigenvalue weighted by Crippen LogP contribution is 2.46. The fourth-order valence-electron chi connectivity index (χ4n) is 7.68. The van der Waals surface area contributed by atoms with Gasteiger partial charge in [-0.05, 0) is 62.8 Å². The number of halogens is 3. The number of hydrogen-bond acceptors (Lipinski definition) is 12. The first kappa shape index (κ1) is 40.0. The van der Waals surface area contributed by atoms with E-state index in [-0.39, 0.29) is 59.9 Å². The molecule has 8 rings (SSSR count). The van der Waals surface area contributed by atoms with Crippen molar-refractivity contribution in [1.82, 2.24) is 35.2 Å². The Morgan fingerprint density at radius 2 is 1.83 bits per heavy atom. The van der Waals surface area contributed by atoms with Crippen LogP contribution in [0.2, 0.25) is 0 Å². The number of rotatable bonds is 7. The summed E-state index contributed by atoms with van der Waals surface area (Å²) in [6.07, 6.45) is 2.40. The van der Waals surface area contributed by atoms with Crippen LogP contribution < -0.4 is 20.1 Å². The highest BCUT2D eigenvalue weighted by molar-refractivity contribution is 7.91. The van der Waals surface area contributed by atoms with Gasteiger partial charge in [0.25, 0.3) is 11.8 Å². The molecule has 3 fully saturated rings. The van der Waals surface area contributed by atoms with Gasteiger partial charge in [0.2, 0.25) is 33.1 Å². The van der Waals surface area contributed by atoms with Gasteiger partial charge in [-0.1, -0.05) is 37.1 Å². The van der Waals surface area contributed by atoms with E-state index in [4.69, 9.17) is 13.9 Å². The van der Waals surface area contributed by atoms with Crippen LogP contribution in [0.3, 0.4) is 0 Å². The molecule has 0 bridgehead atoms. The van der Waals surface area contributed by atoms with Gasteiger partial charge in [0.15, 0.2) is 5.82 Å². The summed E-state index contributed by atoms with van der Waals surface area (Å²) < 4.78 is 85.3. The lowest BCUT2D eigenvalue weighted by molar-refractivity contribution is -0.141. The second-order valence-corrected chi connectivity index (χ2v) is 17.2. The number of nitrogens with zero attached hydrogens (tertiary/aromatic N) is 4. The van der Waals surface area contributed by atoms with Gasteiger partial charge in [-0.3, -0.25) is 19.1 Å². The Balaban J connectivity index is 1.15. The number of carbonyl (C=O) groups excluding carboxylic acids is 4. The predicted molar refractivity (Wildman–Crippen MR) is 203 cm³/mol. The number of amides is 4. The number of allylic oxidation sites excluding steroid dienone is 1. The molecule has 16 nitrogen and oxygen atoms in total. The SMILES string of the molecule is COC(=O)N[C@H]1CCCCC/C=C\[C@H]2C[C@@]2(C(=O)NS(=O)(=O)C2CC2)NC(=O)[C@@H]2C[C@@H](Oc3nc(-c4ccc(C(F)(F)F)cc4)nc4c3oc3ncccc34)CN2C1=O. The first-order valence-electron chi connectivity index (χ1n) is 19.3. The first-order chi connectivity index (χ1) is 28.2. The van der Waals surface area contributed by atoms with Gasteiger partial charge in [0.1, 0.15) is 29.2 Å². The summed E-state index contributed by atoms with van der Waals surface area (Å²) in [4.78, 5) is 69.7. The Morgan fingerprint density at radius 3 is 2.56 bits per heavy atom. The van der Waals surface area contributed by atoms with Crippen LogP contribution >= 0.6 is 0 Å². The maximum absolute atomic E-state index is 14.4. The fraction of sp³-hybridized carbons (Fsp3) is 0.462. The van der Waals surface area contributed by atoms with E-state index in [1.54, 1.807) is 18.2 Å². The zero-order chi connectivity index (χ0) is 41.7. The van der Waals surface area contributed by atoms with E-state index in [2.05, 4.69) is 30.3 Å². The molecule has 5 heterocycles. The van der Waals surface area contributed by atoms with Crippen molar-refractivity contribution < 1.29 is 54.7 Å². The second-order valence-electron chi connectivity index (χ2n) is 15.2. The molecular formula is C39H40F3N7O9S. The lowest BCUT2D eigenvalue weighted by Crippen LogP contribution is -2.58. The number of alkyl halides is 3. The molecule has 2 saturated carbocycles. The largest absolute Gasteiger partial charge is 0.470 e. The summed E-state index contributed by atoms with van der Waals surface area (Å²) in [6, 6.07) is 5.20. The molecule has 2 aliphatic heterocycles. The molecule has 0 unspecified atom stereocenters. The molecule has 0 spiro atoms. The molecule has 0 radical (unpaired) electrons. The van der Waals surface area contributed by atoms with Crippen LogP contribution in [0, 0.1) is 5.92 Å². The van der Waals surface area contributed by atoms with Crippen LogP contribution in [0.15, 0.2) is 59.2 Å². The third kappa shape index (κ3) is 8.13. The highest BCUT2D eigenvalue weighted by Gasteiger charge is 2.62. The van der Waals surface area contributed by atoms with Crippen LogP contribution in [-0.4, -0.2) is 94.7 Å². The fourth-order valence-corrected chi connectivity index (χ4v) is 9.04. The topological polar surface area (TPSA) is 212 Å². The van der Waals surface area contributed by atoms with Crippen molar-refractivity contribution in [2.24, 2.45) is 5.92 Å². The zero-order valence-corrected chi connectivity index (χ0v) is 32.5. The van der Waals surface area contributed by atoms with Gasteiger partial charge in [-0.2, -0.15) is 18.2 Å². The van der Waals surface area contributed by atoms with Crippen molar-refractivity contribution in [2.45, 2.75) is 92.9 Å². The predicted octanol–water partition coefficient (Wildman–Crippen LogP) is 4.53. The summed E-state index contributed by atoms with van der Waals surface area (Å²) in [5.74, 6) is -2.90. The van der Waals surface area contributed by atoms with E-state index < -0.39 is 80.5 Å². The van der Waals surface area contributed by atoms with Crippen LogP contribution in [0.1, 0.15) is 63.4 Å². The molecular weight excluding hydrogens is 800 g/mol. The first-order valence-corrected chi connectivity index (χ1v) is 20.8. The number of benzene rings is 1. The van der Waals surface area contributed by atoms with E-state index in [1.165, 1.54) is 23.2 Å². The molecule has 5 atom stereocenters. The van der Waals surface area contributed by atoms with E-state index in [9.17, 15) is 40.8 Å². The van der Waals surface area contributed by atoms with Crippen LogP contribution in [-0.2, 0) is 35.3 Å². The molecule has 3 aromatic heterocycles. The highest BCUT2D eigenvalue weighted by atomic mass is 32.2. The van der Waals surface area contributed by atoms with Gasteiger partial charge in [-0.25, -0.2) is 23.2 Å². The molecule has 4 aliphatic rings. The van der Waals surface area contributed by atoms with E-state index in [0.29, 0.717) is 37.5 Å². The van der Waals surface area contributed by atoms with E-state index in [0.717, 1.165) is 25.7 Å². The van der Waals surface area contributed by atoms with Gasteiger partial charge < -0.3 is 29.4 Å². The number of furan rings is 1. The van der Waals surface area contributed by atoms with Crippen molar-refractivity contribution in [2.75, 3.05) is 13.7 Å². The summed E-state index contributed by atoms with van der Waals surface area (Å²) in [5, 5.41) is 5.15. The van der Waals surface area contributed by atoms with Crippen LogP contribution in [0.4, 0.5) is 18.0 Å². The molecule has 4 amide bonds. The Kier molecular flexibility index (Phi) is 10.5. The van der Waals surface area contributed by atoms with Crippen molar-refractivity contribution in [1.29, 1.82) is 0 Å². The Morgan fingerprint density at radius 1 is 1.05 bits per heavy atom. The van der Waals surface area contributed by atoms with E-state index >= 15 is 0 Å². The number of hydrogen-bond donors (Lipinski definition) is 3. The van der Waals surface area contributed by atoms with Gasteiger partial charge in [0.05, 0.1) is 29.9 Å². The van der Waals surface area contributed by atoms with Crippen LogP contribution in [0.25, 0.3) is 33.6 Å². The third-order valence-electron chi connectivity index (χ3n) is 11.1. The number of sulfonamides is 1. The van der Waals surface area contributed by atoms with E-state index in [1.807, 2.05) is 6.08 Å². The van der Waals surface area contributed by atoms with Gasteiger partial charge in [-0.15, -0.1) is 0 Å². The van der Waals surface area contributed by atoms with Crippen molar-refractivity contribution in [3.05, 3.63) is 60.3 Å². The number of carbonyl (C=O) groups is 4. The lowest BCUT2D eigenvalue weighted by atomic mass is 10.1. The summed E-state index contributed by atoms with van der Waals surface area (Å²) >= 11 is 0. The molecule has 2 aliphatic carbocycles. The van der Waals surface area contributed by atoms with Crippen molar-refractivity contribution in [3.63, 3.8) is 0 Å². The van der Waals surface area contributed by atoms with Crippen molar-refractivity contribution in [3.8, 4) is 17.3 Å². The second kappa shape index (κ2) is 15.4. The molecule has 3 N–H and O–H groups in total. The number of fused-ring (bicyclic) bond motifs is 5. The molecule has 1 aromatic carbocycles. The number of pyridine rings is 1. The molecule has 1 saturated heterocycles. The Bertz CT molecular complexity index is 2460. The quantitative estimate of drug-likeness (QED) is 0.219. The number of alkyl carbamates (subject to hydrolysis) is 1. The summed E-state index contributed by atoms with van der Waals surface area (Å²) in [7, 11) is -2.81. The normalized spacial score (nSPS) is 25.9. The average molecular weight is 840 g/mol. The molecule has 312 valence electrons. The minimum absolute atomic E-state index is 0.00119. The molecule has 59 heavy (non-hydrogen) atoms. The molecule has 20 heteroatoms. The summed E-state index contributed by atoms with van der Waals surface area (Å²) in [5.41, 5.74) is -1.76. The Hall–Kier alpha value is -5.79. The maximum Gasteiger partial charge on any atom is 0.416 e. The lowest BCUT2D eigenvalue weighted by Gasteiger charge is -2.29. The number of methoxy groups -OCH3 is 1. The number of aromatic nitrogens is 3. The minimum atomic E-state index is -4.58. The Labute approximate surface area is 335 Å². The van der Waals surface area contributed by atoms with Crippen molar-refractivity contribution >= 4 is 56.0 Å². The molecule has 4 aromatic rings. The van der Waals surface area contributed by atoms with Gasteiger partial charge >= 0.3 is 12.3 Å². The smallest absolute Gasteiger partial charge is 0.416 e. The third-order valence-corrected chi connectivity index (χ3v) is 12.9. The minimum Gasteiger partial charge on any atom is -0.470 e. The van der Waals surface area contributed by atoms with Gasteiger partial charge in [0, 0.05) is 24.1 Å². The zero-order valence-electron chi connectivity index (χ0n) is 31.7.